The van der Waals surface area contributed by atoms with E-state index in [9.17, 15) is 18.0 Å². The number of aromatic nitrogens is 1. The maximum absolute atomic E-state index is 12.8. The standard InChI is InChI=1S/C16H11F3N2OS2/c1-9-5-6-23-13(9)14(22)21-15-20-12(8-24-15)10-3-2-4-11(7-10)16(17,18)19/h2-8H,1H3,(H,20,21,22). The molecule has 8 heteroatoms. The highest BCUT2D eigenvalue weighted by molar-refractivity contribution is 7.14. The summed E-state index contributed by atoms with van der Waals surface area (Å²) in [6.45, 7) is 1.83. The molecule has 0 aliphatic carbocycles. The van der Waals surface area contributed by atoms with Gasteiger partial charge < -0.3 is 0 Å². The molecule has 1 N–H and O–H groups in total. The third-order valence-electron chi connectivity index (χ3n) is 3.28. The molecule has 0 fully saturated rings. The summed E-state index contributed by atoms with van der Waals surface area (Å²) < 4.78 is 38.3. The first kappa shape index (κ1) is 16.7. The maximum atomic E-state index is 12.8. The molecule has 0 unspecified atom stereocenters. The lowest BCUT2D eigenvalue weighted by Gasteiger charge is -2.07. The van der Waals surface area contributed by atoms with Crippen molar-refractivity contribution >= 4 is 33.7 Å². The van der Waals surface area contributed by atoms with Crippen molar-refractivity contribution < 1.29 is 18.0 Å². The molecule has 0 spiro atoms. The highest BCUT2D eigenvalue weighted by Gasteiger charge is 2.30. The first-order valence-corrected chi connectivity index (χ1v) is 8.59. The molecule has 124 valence electrons. The van der Waals surface area contributed by atoms with Crippen molar-refractivity contribution in [3.63, 3.8) is 0 Å². The normalized spacial score (nSPS) is 11.5. The van der Waals surface area contributed by atoms with Gasteiger partial charge in [-0.2, -0.15) is 13.2 Å². The number of nitrogens with zero attached hydrogens (tertiary/aromatic N) is 1. The first-order chi connectivity index (χ1) is 11.3. The van der Waals surface area contributed by atoms with E-state index in [2.05, 4.69) is 10.3 Å². The second-order valence-corrected chi connectivity index (χ2v) is 6.78. The minimum absolute atomic E-state index is 0.271. The van der Waals surface area contributed by atoms with Gasteiger partial charge in [-0.3, -0.25) is 10.1 Å². The Labute approximate surface area is 143 Å². The number of amides is 1. The monoisotopic (exact) mass is 368 g/mol. The topological polar surface area (TPSA) is 42.0 Å². The number of anilines is 1. The summed E-state index contributed by atoms with van der Waals surface area (Å²) in [5.41, 5.74) is 0.887. The number of carbonyl (C=O) groups is 1. The molecule has 0 saturated heterocycles. The fraction of sp³-hybridized carbons (Fsp3) is 0.125. The Balaban J connectivity index is 1.81. The molecule has 0 atom stereocenters. The zero-order valence-electron chi connectivity index (χ0n) is 12.3. The van der Waals surface area contributed by atoms with Crippen molar-refractivity contribution in [2.75, 3.05) is 5.32 Å². The van der Waals surface area contributed by atoms with Crippen molar-refractivity contribution in [3.8, 4) is 11.3 Å². The Morgan fingerprint density at radius 3 is 2.67 bits per heavy atom. The van der Waals surface area contributed by atoms with Gasteiger partial charge in [0.15, 0.2) is 5.13 Å². The fourth-order valence-electron chi connectivity index (χ4n) is 2.08. The summed E-state index contributed by atoms with van der Waals surface area (Å²) >= 11 is 2.49. The summed E-state index contributed by atoms with van der Waals surface area (Å²) in [7, 11) is 0. The number of hydrogen-bond acceptors (Lipinski definition) is 4. The van der Waals surface area contributed by atoms with E-state index < -0.39 is 11.7 Å². The van der Waals surface area contributed by atoms with E-state index in [4.69, 9.17) is 0 Å². The van der Waals surface area contributed by atoms with Crippen LogP contribution in [0.25, 0.3) is 11.3 Å². The molecule has 0 aliphatic rings. The van der Waals surface area contributed by atoms with Gasteiger partial charge in [0.25, 0.3) is 5.91 Å². The van der Waals surface area contributed by atoms with Crippen LogP contribution in [0, 0.1) is 6.92 Å². The largest absolute Gasteiger partial charge is 0.416 e. The molecule has 0 radical (unpaired) electrons. The van der Waals surface area contributed by atoms with Crippen molar-refractivity contribution in [1.29, 1.82) is 0 Å². The zero-order valence-corrected chi connectivity index (χ0v) is 14.0. The van der Waals surface area contributed by atoms with Crippen LogP contribution in [0.1, 0.15) is 20.8 Å². The molecule has 3 aromatic rings. The van der Waals surface area contributed by atoms with Crippen molar-refractivity contribution in [2.45, 2.75) is 13.1 Å². The van der Waals surface area contributed by atoms with E-state index in [1.807, 2.05) is 18.4 Å². The lowest BCUT2D eigenvalue weighted by Crippen LogP contribution is -2.11. The summed E-state index contributed by atoms with van der Waals surface area (Å²) in [4.78, 5) is 16.9. The Kier molecular flexibility index (Phi) is 4.42. The van der Waals surface area contributed by atoms with E-state index in [0.29, 0.717) is 21.3 Å². The molecule has 2 aromatic heterocycles. The quantitative estimate of drug-likeness (QED) is 0.668. The number of rotatable bonds is 3. The van der Waals surface area contributed by atoms with Gasteiger partial charge >= 0.3 is 6.18 Å². The summed E-state index contributed by atoms with van der Waals surface area (Å²) in [6.07, 6.45) is -4.40. The average Bonchev–Trinajstić information content (AvgIpc) is 3.15. The SMILES string of the molecule is Cc1ccsc1C(=O)Nc1nc(-c2cccc(C(F)(F)F)c2)cs1. The number of alkyl halides is 3. The van der Waals surface area contributed by atoms with Crippen molar-refractivity contribution in [1.82, 2.24) is 4.98 Å². The van der Waals surface area contributed by atoms with E-state index in [1.54, 1.807) is 11.4 Å². The molecule has 0 aliphatic heterocycles. The number of hydrogen-bond donors (Lipinski definition) is 1. The van der Waals surface area contributed by atoms with Crippen LogP contribution in [0.4, 0.5) is 18.3 Å². The molecule has 1 aromatic carbocycles. The molecule has 0 bridgehead atoms. The van der Waals surface area contributed by atoms with E-state index >= 15 is 0 Å². The average molecular weight is 368 g/mol. The van der Waals surface area contributed by atoms with Crippen LogP contribution in [0.5, 0.6) is 0 Å². The van der Waals surface area contributed by atoms with Crippen LogP contribution < -0.4 is 5.32 Å². The Bertz CT molecular complexity index is 883. The van der Waals surface area contributed by atoms with Gasteiger partial charge in [0.2, 0.25) is 0 Å². The van der Waals surface area contributed by atoms with Gasteiger partial charge in [-0.25, -0.2) is 4.98 Å². The van der Waals surface area contributed by atoms with Gasteiger partial charge in [0.05, 0.1) is 16.1 Å². The maximum Gasteiger partial charge on any atom is 0.416 e. The molecule has 3 rings (SSSR count). The minimum atomic E-state index is -4.40. The van der Waals surface area contributed by atoms with Crippen LogP contribution in [0.3, 0.4) is 0 Å². The van der Waals surface area contributed by atoms with Crippen LogP contribution in [-0.4, -0.2) is 10.9 Å². The van der Waals surface area contributed by atoms with Gasteiger partial charge in [-0.1, -0.05) is 12.1 Å². The highest BCUT2D eigenvalue weighted by atomic mass is 32.1. The number of nitrogens with one attached hydrogen (secondary N) is 1. The lowest BCUT2D eigenvalue weighted by atomic mass is 10.1. The third-order valence-corrected chi connectivity index (χ3v) is 5.05. The predicted molar refractivity (Wildman–Crippen MR) is 89.6 cm³/mol. The second-order valence-electron chi connectivity index (χ2n) is 5.00. The van der Waals surface area contributed by atoms with Crippen LogP contribution in [-0.2, 0) is 6.18 Å². The number of thiazole rings is 1. The van der Waals surface area contributed by atoms with E-state index in [0.717, 1.165) is 17.7 Å². The van der Waals surface area contributed by atoms with Gasteiger partial charge in [0.1, 0.15) is 0 Å². The van der Waals surface area contributed by atoms with E-state index in [1.165, 1.54) is 28.7 Å². The Morgan fingerprint density at radius 1 is 1.21 bits per heavy atom. The summed E-state index contributed by atoms with van der Waals surface area (Å²) in [5, 5.41) is 6.46. The Morgan fingerprint density at radius 2 is 2.00 bits per heavy atom. The summed E-state index contributed by atoms with van der Waals surface area (Å²) in [5.74, 6) is -0.271. The van der Waals surface area contributed by atoms with Gasteiger partial charge in [-0.15, -0.1) is 22.7 Å². The smallest absolute Gasteiger partial charge is 0.297 e. The number of benzene rings is 1. The molecule has 3 nitrogen and oxygen atoms in total. The number of halogens is 3. The van der Waals surface area contributed by atoms with Crippen molar-refractivity contribution in [2.24, 2.45) is 0 Å². The molecule has 0 saturated carbocycles. The summed E-state index contributed by atoms with van der Waals surface area (Å²) in [6, 6.07) is 6.79. The molecule has 24 heavy (non-hydrogen) atoms. The number of carbonyl (C=O) groups excluding carboxylic acids is 1. The second kappa shape index (κ2) is 6.37. The molecule has 1 amide bonds. The molecular weight excluding hydrogens is 357 g/mol. The fourth-order valence-corrected chi connectivity index (χ4v) is 3.61. The van der Waals surface area contributed by atoms with Crippen LogP contribution in [0.15, 0.2) is 41.1 Å². The van der Waals surface area contributed by atoms with Crippen LogP contribution in [0.2, 0.25) is 0 Å². The molecule has 2 heterocycles. The molecular formula is C16H11F3N2OS2. The highest BCUT2D eigenvalue weighted by Crippen LogP contribution is 2.33. The Hall–Kier alpha value is -2.19. The van der Waals surface area contributed by atoms with Crippen molar-refractivity contribution in [3.05, 3.63) is 57.1 Å². The van der Waals surface area contributed by atoms with Gasteiger partial charge in [-0.05, 0) is 36.1 Å². The lowest BCUT2D eigenvalue weighted by molar-refractivity contribution is -0.137. The predicted octanol–water partition coefficient (Wildman–Crippen LogP) is 5.45. The first-order valence-electron chi connectivity index (χ1n) is 6.83. The van der Waals surface area contributed by atoms with E-state index in [-0.39, 0.29) is 5.91 Å². The van der Waals surface area contributed by atoms with Crippen LogP contribution >= 0.6 is 22.7 Å². The third kappa shape index (κ3) is 3.49. The zero-order chi connectivity index (χ0) is 17.3. The van der Waals surface area contributed by atoms with Gasteiger partial charge in [0, 0.05) is 10.9 Å². The number of thiophene rings is 1. The minimum Gasteiger partial charge on any atom is -0.297 e. The number of aryl methyl sites for hydroxylation is 1.